The van der Waals surface area contributed by atoms with Crippen LogP contribution in [0.3, 0.4) is 0 Å². The Balaban J connectivity index is 1.80. The lowest BCUT2D eigenvalue weighted by atomic mass is 10.0. The van der Waals surface area contributed by atoms with Crippen molar-refractivity contribution in [1.29, 1.82) is 0 Å². The van der Waals surface area contributed by atoms with Crippen LogP contribution in [0.15, 0.2) is 30.5 Å². The Hall–Kier alpha value is -2.47. The Kier molecular flexibility index (Phi) is 5.52. The number of rotatable bonds is 4. The third-order valence-corrected chi connectivity index (χ3v) is 4.94. The molecule has 1 aliphatic heterocycles. The maximum absolute atomic E-state index is 11.2. The van der Waals surface area contributed by atoms with E-state index in [2.05, 4.69) is 46.1 Å². The zero-order valence-electron chi connectivity index (χ0n) is 16.0. The minimum absolute atomic E-state index is 0.0729. The number of carbonyl (C=O) groups is 1. The zero-order valence-corrected chi connectivity index (χ0v) is 16.0. The van der Waals surface area contributed by atoms with Gasteiger partial charge in [0.25, 0.3) is 0 Å². The van der Waals surface area contributed by atoms with E-state index in [1.807, 2.05) is 30.5 Å². The molecule has 1 N–H and O–H groups in total. The predicted octanol–water partition coefficient (Wildman–Crippen LogP) is 2.94. The summed E-state index contributed by atoms with van der Waals surface area (Å²) in [6, 6.07) is 8.33. The van der Waals surface area contributed by atoms with Crippen LogP contribution in [0.4, 0.5) is 11.4 Å². The molecular weight excluding hydrogens is 326 g/mol. The molecule has 0 atom stereocenters. The fourth-order valence-corrected chi connectivity index (χ4v) is 3.42. The average molecular weight is 353 g/mol. The first-order valence-electron chi connectivity index (χ1n) is 9.15. The van der Waals surface area contributed by atoms with Crippen LogP contribution in [-0.2, 0) is 4.79 Å². The van der Waals surface area contributed by atoms with E-state index in [9.17, 15) is 4.79 Å². The first-order valence-corrected chi connectivity index (χ1v) is 9.15. The maximum Gasteiger partial charge on any atom is 0.221 e. The summed E-state index contributed by atoms with van der Waals surface area (Å²) in [5.41, 5.74) is 4.98. The molecule has 26 heavy (non-hydrogen) atoms. The van der Waals surface area contributed by atoms with Gasteiger partial charge in [0.2, 0.25) is 5.91 Å². The highest BCUT2D eigenvalue weighted by Crippen LogP contribution is 2.29. The molecule has 1 aromatic carbocycles. The highest BCUT2D eigenvalue weighted by Gasteiger charge is 2.21. The van der Waals surface area contributed by atoms with E-state index in [-0.39, 0.29) is 5.91 Å². The van der Waals surface area contributed by atoms with Gasteiger partial charge < -0.3 is 10.2 Å². The molecule has 0 aliphatic carbocycles. The van der Waals surface area contributed by atoms with Crippen LogP contribution in [-0.4, -0.2) is 53.2 Å². The van der Waals surface area contributed by atoms with Gasteiger partial charge >= 0.3 is 0 Å². The maximum atomic E-state index is 11.2. The van der Waals surface area contributed by atoms with Gasteiger partial charge in [0.1, 0.15) is 0 Å². The van der Waals surface area contributed by atoms with E-state index in [0.29, 0.717) is 6.04 Å². The number of hydrogen-bond donors (Lipinski definition) is 1. The lowest BCUT2D eigenvalue weighted by Crippen LogP contribution is -2.49. The van der Waals surface area contributed by atoms with Crippen molar-refractivity contribution in [3.05, 3.63) is 36.0 Å². The van der Waals surface area contributed by atoms with Crippen molar-refractivity contribution in [3.63, 3.8) is 0 Å². The Morgan fingerprint density at radius 3 is 2.35 bits per heavy atom. The fourth-order valence-electron chi connectivity index (χ4n) is 3.42. The molecule has 6 nitrogen and oxygen atoms in total. The Morgan fingerprint density at radius 2 is 1.77 bits per heavy atom. The summed E-state index contributed by atoms with van der Waals surface area (Å²) in [4.78, 5) is 16.1. The van der Waals surface area contributed by atoms with Gasteiger partial charge in [-0.15, -0.1) is 0 Å². The standard InChI is InChI=1S/C20H27N5O/c1-14(2)24-9-11-25(12-10-24)19-13-21-23-20(15(19)3)17-5-7-18(8-6-17)22-16(4)26/h5-8,13-14H,9-12H2,1-4H3,(H,22,26). The van der Waals surface area contributed by atoms with E-state index in [0.717, 1.165) is 54.4 Å². The SMILES string of the molecule is CC(=O)Nc1ccc(-c2nncc(N3CCN(C(C)C)CC3)c2C)cc1. The molecule has 138 valence electrons. The highest BCUT2D eigenvalue weighted by atomic mass is 16.1. The highest BCUT2D eigenvalue weighted by molar-refractivity contribution is 5.89. The van der Waals surface area contributed by atoms with Gasteiger partial charge in [-0.2, -0.15) is 10.2 Å². The summed E-state index contributed by atoms with van der Waals surface area (Å²) in [6.07, 6.45) is 1.87. The number of hydrogen-bond acceptors (Lipinski definition) is 5. The van der Waals surface area contributed by atoms with Crippen LogP contribution in [0.2, 0.25) is 0 Å². The molecule has 1 aliphatic rings. The minimum atomic E-state index is -0.0729. The summed E-state index contributed by atoms with van der Waals surface area (Å²) < 4.78 is 0. The topological polar surface area (TPSA) is 61.4 Å². The molecule has 0 bridgehead atoms. The van der Waals surface area contributed by atoms with Gasteiger partial charge in [-0.05, 0) is 32.9 Å². The number of aromatic nitrogens is 2. The quantitative estimate of drug-likeness (QED) is 0.916. The molecule has 0 spiro atoms. The number of benzene rings is 1. The van der Waals surface area contributed by atoms with Crippen LogP contribution in [0, 0.1) is 6.92 Å². The first-order chi connectivity index (χ1) is 12.5. The van der Waals surface area contributed by atoms with Gasteiger partial charge in [-0.25, -0.2) is 0 Å². The van der Waals surface area contributed by atoms with E-state index in [1.165, 1.54) is 6.92 Å². The van der Waals surface area contributed by atoms with Crippen LogP contribution in [0.1, 0.15) is 26.3 Å². The van der Waals surface area contributed by atoms with Gasteiger partial charge in [0, 0.05) is 56.0 Å². The number of piperazine rings is 1. The van der Waals surface area contributed by atoms with Crippen LogP contribution in [0.25, 0.3) is 11.3 Å². The van der Waals surface area contributed by atoms with Gasteiger partial charge in [-0.3, -0.25) is 9.69 Å². The molecule has 2 heterocycles. The lowest BCUT2D eigenvalue weighted by Gasteiger charge is -2.38. The van der Waals surface area contributed by atoms with Crippen molar-refractivity contribution >= 4 is 17.3 Å². The summed E-state index contributed by atoms with van der Waals surface area (Å²) in [6.45, 7) is 12.3. The second-order valence-corrected chi connectivity index (χ2v) is 7.08. The molecule has 0 saturated carbocycles. The molecule has 1 saturated heterocycles. The van der Waals surface area contributed by atoms with Crippen LogP contribution in [0.5, 0.6) is 0 Å². The number of amides is 1. The third-order valence-electron chi connectivity index (χ3n) is 4.94. The molecule has 1 aromatic heterocycles. The van der Waals surface area contributed by atoms with Crippen molar-refractivity contribution in [2.75, 3.05) is 36.4 Å². The zero-order chi connectivity index (χ0) is 18.7. The molecule has 2 aromatic rings. The molecule has 0 unspecified atom stereocenters. The Bertz CT molecular complexity index is 764. The molecule has 1 amide bonds. The van der Waals surface area contributed by atoms with Crippen LogP contribution >= 0.6 is 0 Å². The van der Waals surface area contributed by atoms with Crippen molar-refractivity contribution < 1.29 is 4.79 Å². The van der Waals surface area contributed by atoms with Gasteiger partial charge in [-0.1, -0.05) is 12.1 Å². The van der Waals surface area contributed by atoms with Crippen molar-refractivity contribution in [1.82, 2.24) is 15.1 Å². The van der Waals surface area contributed by atoms with Crippen molar-refractivity contribution in [3.8, 4) is 11.3 Å². The van der Waals surface area contributed by atoms with Crippen LogP contribution < -0.4 is 10.2 Å². The van der Waals surface area contributed by atoms with Crippen molar-refractivity contribution in [2.24, 2.45) is 0 Å². The first kappa shape index (κ1) is 18.3. The summed E-state index contributed by atoms with van der Waals surface area (Å²) in [5, 5.41) is 11.4. The van der Waals surface area contributed by atoms with E-state index in [4.69, 9.17) is 0 Å². The lowest BCUT2D eigenvalue weighted by molar-refractivity contribution is -0.114. The van der Waals surface area contributed by atoms with E-state index < -0.39 is 0 Å². The largest absolute Gasteiger partial charge is 0.367 e. The summed E-state index contributed by atoms with van der Waals surface area (Å²) >= 11 is 0. The Labute approximate surface area is 155 Å². The number of nitrogens with one attached hydrogen (secondary N) is 1. The van der Waals surface area contributed by atoms with Crippen molar-refractivity contribution in [2.45, 2.75) is 33.7 Å². The molecule has 3 rings (SSSR count). The number of nitrogens with zero attached hydrogens (tertiary/aromatic N) is 4. The normalized spacial score (nSPS) is 15.3. The second kappa shape index (κ2) is 7.83. The number of carbonyl (C=O) groups excluding carboxylic acids is 1. The number of anilines is 2. The van der Waals surface area contributed by atoms with E-state index in [1.54, 1.807) is 0 Å². The molecular formula is C20H27N5O. The second-order valence-electron chi connectivity index (χ2n) is 7.08. The summed E-state index contributed by atoms with van der Waals surface area (Å²) in [5.74, 6) is -0.0729. The van der Waals surface area contributed by atoms with Gasteiger partial charge in [0.05, 0.1) is 17.6 Å². The molecule has 1 fully saturated rings. The third kappa shape index (κ3) is 4.02. The Morgan fingerprint density at radius 1 is 1.12 bits per heavy atom. The van der Waals surface area contributed by atoms with E-state index >= 15 is 0 Å². The fraction of sp³-hybridized carbons (Fsp3) is 0.450. The molecule has 6 heteroatoms. The minimum Gasteiger partial charge on any atom is -0.367 e. The van der Waals surface area contributed by atoms with Gasteiger partial charge in [0.15, 0.2) is 0 Å². The average Bonchev–Trinajstić information content (AvgIpc) is 2.62. The predicted molar refractivity (Wildman–Crippen MR) is 105 cm³/mol. The molecule has 0 radical (unpaired) electrons. The smallest absolute Gasteiger partial charge is 0.221 e. The summed E-state index contributed by atoms with van der Waals surface area (Å²) in [7, 11) is 0. The monoisotopic (exact) mass is 353 g/mol.